The zero-order valence-electron chi connectivity index (χ0n) is 12.7. The van der Waals surface area contributed by atoms with Crippen LogP contribution < -0.4 is 5.32 Å². The average Bonchev–Trinajstić information content (AvgIpc) is 2.47. The summed E-state index contributed by atoms with van der Waals surface area (Å²) < 4.78 is 0. The third-order valence-corrected chi connectivity index (χ3v) is 4.33. The van der Waals surface area contributed by atoms with E-state index in [2.05, 4.69) is 36.3 Å². The first-order chi connectivity index (χ1) is 9.66. The Balaban J connectivity index is 1.76. The van der Waals surface area contributed by atoms with E-state index in [1.54, 1.807) is 0 Å². The monoisotopic (exact) mass is 274 g/mol. The molecule has 0 bridgehead atoms. The van der Waals surface area contributed by atoms with E-state index in [1.165, 1.54) is 43.2 Å². The fourth-order valence-corrected chi connectivity index (χ4v) is 2.94. The third-order valence-electron chi connectivity index (χ3n) is 4.33. The topological polar surface area (TPSA) is 32.3 Å². The summed E-state index contributed by atoms with van der Waals surface area (Å²) >= 11 is 0. The number of carbonyl (C=O) groups is 1. The van der Waals surface area contributed by atoms with Gasteiger partial charge in [-0.25, -0.2) is 0 Å². The van der Waals surface area contributed by atoms with Gasteiger partial charge in [-0.05, 0) is 37.9 Å². The SMILES string of the molecule is Cc1ccccc1CNC(=O)CN(C)C1CCCCC1. The molecule has 3 heteroatoms. The molecule has 0 unspecified atom stereocenters. The van der Waals surface area contributed by atoms with Gasteiger partial charge in [0.05, 0.1) is 6.54 Å². The normalized spacial score (nSPS) is 16.4. The maximum atomic E-state index is 12.0. The molecule has 1 aliphatic carbocycles. The van der Waals surface area contributed by atoms with E-state index >= 15 is 0 Å². The van der Waals surface area contributed by atoms with E-state index in [0.717, 1.165) is 0 Å². The van der Waals surface area contributed by atoms with Gasteiger partial charge < -0.3 is 5.32 Å². The van der Waals surface area contributed by atoms with Crippen LogP contribution in [0.15, 0.2) is 24.3 Å². The maximum Gasteiger partial charge on any atom is 0.234 e. The molecule has 0 heterocycles. The molecule has 0 saturated heterocycles. The molecule has 1 amide bonds. The Morgan fingerprint density at radius 2 is 1.95 bits per heavy atom. The summed E-state index contributed by atoms with van der Waals surface area (Å²) in [4.78, 5) is 14.2. The first-order valence-corrected chi connectivity index (χ1v) is 7.68. The van der Waals surface area contributed by atoms with Crippen LogP contribution in [-0.4, -0.2) is 30.4 Å². The van der Waals surface area contributed by atoms with Crippen LogP contribution in [0.25, 0.3) is 0 Å². The number of carbonyl (C=O) groups excluding carboxylic acids is 1. The lowest BCUT2D eigenvalue weighted by atomic mass is 9.94. The lowest BCUT2D eigenvalue weighted by Crippen LogP contribution is -2.41. The molecular formula is C17H26N2O. The van der Waals surface area contributed by atoms with Gasteiger partial charge in [-0.2, -0.15) is 0 Å². The van der Waals surface area contributed by atoms with E-state index in [4.69, 9.17) is 0 Å². The van der Waals surface area contributed by atoms with Gasteiger partial charge in [0.2, 0.25) is 5.91 Å². The molecule has 2 rings (SSSR count). The first kappa shape index (κ1) is 15.0. The number of rotatable bonds is 5. The van der Waals surface area contributed by atoms with Crippen molar-refractivity contribution in [1.29, 1.82) is 0 Å². The Morgan fingerprint density at radius 1 is 1.25 bits per heavy atom. The van der Waals surface area contributed by atoms with Crippen LogP contribution in [0.5, 0.6) is 0 Å². The Bertz CT molecular complexity index is 438. The lowest BCUT2D eigenvalue weighted by molar-refractivity contribution is -0.122. The molecule has 1 saturated carbocycles. The summed E-state index contributed by atoms with van der Waals surface area (Å²) in [7, 11) is 2.07. The smallest absolute Gasteiger partial charge is 0.234 e. The van der Waals surface area contributed by atoms with Crippen molar-refractivity contribution in [3.05, 3.63) is 35.4 Å². The van der Waals surface area contributed by atoms with Crippen LogP contribution in [0.2, 0.25) is 0 Å². The van der Waals surface area contributed by atoms with Crippen LogP contribution in [0.4, 0.5) is 0 Å². The molecule has 1 aromatic carbocycles. The molecule has 3 nitrogen and oxygen atoms in total. The van der Waals surface area contributed by atoms with Crippen LogP contribution in [0.3, 0.4) is 0 Å². The quantitative estimate of drug-likeness (QED) is 0.895. The second-order valence-electron chi connectivity index (χ2n) is 5.91. The second kappa shape index (κ2) is 7.44. The molecule has 0 aromatic heterocycles. The van der Waals surface area contributed by atoms with E-state index in [0.29, 0.717) is 19.1 Å². The van der Waals surface area contributed by atoms with Crippen molar-refractivity contribution < 1.29 is 4.79 Å². The number of hydrogen-bond acceptors (Lipinski definition) is 2. The minimum absolute atomic E-state index is 0.126. The van der Waals surface area contributed by atoms with E-state index < -0.39 is 0 Å². The zero-order chi connectivity index (χ0) is 14.4. The summed E-state index contributed by atoms with van der Waals surface area (Å²) in [5, 5.41) is 3.03. The van der Waals surface area contributed by atoms with Crippen molar-refractivity contribution in [3.8, 4) is 0 Å². The number of likely N-dealkylation sites (N-methyl/N-ethyl adjacent to an activating group) is 1. The van der Waals surface area contributed by atoms with E-state index in [9.17, 15) is 4.79 Å². The van der Waals surface area contributed by atoms with Gasteiger partial charge in [0.1, 0.15) is 0 Å². The highest BCUT2D eigenvalue weighted by molar-refractivity contribution is 5.78. The molecule has 0 radical (unpaired) electrons. The van der Waals surface area contributed by atoms with Crippen LogP contribution in [0.1, 0.15) is 43.2 Å². The van der Waals surface area contributed by atoms with Crippen LogP contribution in [0, 0.1) is 6.92 Å². The number of nitrogens with one attached hydrogen (secondary N) is 1. The summed E-state index contributed by atoms with van der Waals surface area (Å²) in [6.07, 6.45) is 6.44. The average molecular weight is 274 g/mol. The van der Waals surface area contributed by atoms with Crippen molar-refractivity contribution in [1.82, 2.24) is 10.2 Å². The van der Waals surface area contributed by atoms with Gasteiger partial charge in [-0.3, -0.25) is 9.69 Å². The lowest BCUT2D eigenvalue weighted by Gasteiger charge is -2.30. The van der Waals surface area contributed by atoms with Gasteiger partial charge in [0, 0.05) is 12.6 Å². The largest absolute Gasteiger partial charge is 0.351 e. The Labute approximate surface area is 122 Å². The van der Waals surface area contributed by atoms with Gasteiger partial charge in [-0.15, -0.1) is 0 Å². The molecule has 110 valence electrons. The third kappa shape index (κ3) is 4.34. The molecule has 0 aliphatic heterocycles. The minimum Gasteiger partial charge on any atom is -0.351 e. The summed E-state index contributed by atoms with van der Waals surface area (Å²) in [6.45, 7) is 3.22. The highest BCUT2D eigenvalue weighted by atomic mass is 16.2. The second-order valence-corrected chi connectivity index (χ2v) is 5.91. The predicted molar refractivity (Wildman–Crippen MR) is 82.5 cm³/mol. The molecule has 1 fully saturated rings. The van der Waals surface area contributed by atoms with Crippen molar-refractivity contribution in [3.63, 3.8) is 0 Å². The van der Waals surface area contributed by atoms with Gasteiger partial charge in [0.15, 0.2) is 0 Å². The number of benzene rings is 1. The Hall–Kier alpha value is -1.35. The highest BCUT2D eigenvalue weighted by Crippen LogP contribution is 2.21. The molecule has 0 spiro atoms. The predicted octanol–water partition coefficient (Wildman–Crippen LogP) is 2.88. The summed E-state index contributed by atoms with van der Waals surface area (Å²) in [5.74, 6) is 0.126. The summed E-state index contributed by atoms with van der Waals surface area (Å²) in [5.41, 5.74) is 2.43. The summed E-state index contributed by atoms with van der Waals surface area (Å²) in [6, 6.07) is 8.78. The highest BCUT2D eigenvalue weighted by Gasteiger charge is 2.19. The maximum absolute atomic E-state index is 12.0. The number of amides is 1. The van der Waals surface area contributed by atoms with E-state index in [-0.39, 0.29) is 5.91 Å². The molecule has 0 atom stereocenters. The Kier molecular flexibility index (Phi) is 5.60. The first-order valence-electron chi connectivity index (χ1n) is 7.68. The molecule has 1 aromatic rings. The van der Waals surface area contributed by atoms with Crippen LogP contribution >= 0.6 is 0 Å². The standard InChI is InChI=1S/C17H26N2O/c1-14-8-6-7-9-15(14)12-18-17(20)13-19(2)16-10-4-3-5-11-16/h6-9,16H,3-5,10-13H2,1-2H3,(H,18,20). The Morgan fingerprint density at radius 3 is 2.65 bits per heavy atom. The van der Waals surface area contributed by atoms with Gasteiger partial charge in [-0.1, -0.05) is 43.5 Å². The fourth-order valence-electron chi connectivity index (χ4n) is 2.94. The number of aryl methyl sites for hydroxylation is 1. The molecular weight excluding hydrogens is 248 g/mol. The number of nitrogens with zero attached hydrogens (tertiary/aromatic N) is 1. The number of hydrogen-bond donors (Lipinski definition) is 1. The molecule has 20 heavy (non-hydrogen) atoms. The van der Waals surface area contributed by atoms with Gasteiger partial charge in [0.25, 0.3) is 0 Å². The van der Waals surface area contributed by atoms with Crippen molar-refractivity contribution >= 4 is 5.91 Å². The molecule has 1 N–H and O–H groups in total. The van der Waals surface area contributed by atoms with E-state index in [1.807, 2.05) is 12.1 Å². The molecule has 1 aliphatic rings. The van der Waals surface area contributed by atoms with Crippen molar-refractivity contribution in [2.75, 3.05) is 13.6 Å². The van der Waals surface area contributed by atoms with Crippen molar-refractivity contribution in [2.45, 2.75) is 51.6 Å². The fraction of sp³-hybridized carbons (Fsp3) is 0.588. The zero-order valence-corrected chi connectivity index (χ0v) is 12.7. The van der Waals surface area contributed by atoms with Gasteiger partial charge >= 0.3 is 0 Å². The minimum atomic E-state index is 0.126. The van der Waals surface area contributed by atoms with Crippen molar-refractivity contribution in [2.24, 2.45) is 0 Å². The van der Waals surface area contributed by atoms with Crippen LogP contribution in [-0.2, 0) is 11.3 Å².